The van der Waals surface area contributed by atoms with Crippen LogP contribution in [0.4, 0.5) is 10.6 Å². The van der Waals surface area contributed by atoms with Gasteiger partial charge in [0.2, 0.25) is 0 Å². The summed E-state index contributed by atoms with van der Waals surface area (Å²) in [4.78, 5) is 21.9. The Morgan fingerprint density at radius 1 is 1.14 bits per heavy atom. The van der Waals surface area contributed by atoms with Crippen LogP contribution in [0.1, 0.15) is 56.2 Å². The highest BCUT2D eigenvalue weighted by molar-refractivity contribution is 6.19. The first-order valence-electron chi connectivity index (χ1n) is 10.5. The number of carbonyl (C=O) groups excluding carboxylic acids is 1. The maximum atomic E-state index is 13.2. The van der Waals surface area contributed by atoms with Crippen LogP contribution in [-0.2, 0) is 6.42 Å². The van der Waals surface area contributed by atoms with Crippen molar-refractivity contribution in [1.82, 2.24) is 14.7 Å². The number of aromatic nitrogens is 2. The molecule has 1 aromatic carbocycles. The van der Waals surface area contributed by atoms with E-state index in [1.54, 1.807) is 0 Å². The van der Waals surface area contributed by atoms with Crippen molar-refractivity contribution in [3.8, 4) is 0 Å². The van der Waals surface area contributed by atoms with Crippen molar-refractivity contribution in [2.24, 2.45) is 4.99 Å². The van der Waals surface area contributed by atoms with Gasteiger partial charge in [-0.3, -0.25) is 19.5 Å². The Kier molecular flexibility index (Phi) is 4.41. The zero-order valence-electron chi connectivity index (χ0n) is 16.4. The predicted molar refractivity (Wildman–Crippen MR) is 110 cm³/mol. The normalized spacial score (nSPS) is 21.8. The summed E-state index contributed by atoms with van der Waals surface area (Å²) in [5.74, 6) is 1.62. The number of rotatable bonds is 5. The highest BCUT2D eigenvalue weighted by atomic mass is 16.2. The number of amidine groups is 1. The number of carbonyl (C=O) groups is 1. The lowest BCUT2D eigenvalue weighted by Crippen LogP contribution is -2.50. The van der Waals surface area contributed by atoms with E-state index >= 15 is 0 Å². The minimum absolute atomic E-state index is 0.0281. The van der Waals surface area contributed by atoms with E-state index in [4.69, 9.17) is 10.1 Å². The summed E-state index contributed by atoms with van der Waals surface area (Å²) in [5.41, 5.74) is 2.28. The third-order valence-electron chi connectivity index (χ3n) is 6.08. The minimum atomic E-state index is 0.0281. The molecule has 1 fully saturated rings. The lowest BCUT2D eigenvalue weighted by Gasteiger charge is -2.32. The lowest BCUT2D eigenvalue weighted by atomic mass is 10.1. The van der Waals surface area contributed by atoms with Gasteiger partial charge in [-0.25, -0.2) is 4.79 Å². The number of urea groups is 1. The number of aliphatic imine (C=N–C) groups is 1. The van der Waals surface area contributed by atoms with E-state index in [9.17, 15) is 4.79 Å². The lowest BCUT2D eigenvalue weighted by molar-refractivity contribution is 0.227. The number of fused-ring (bicyclic) bond motifs is 3. The maximum Gasteiger partial charge on any atom is 0.331 e. The molecule has 6 heteroatoms. The fourth-order valence-electron chi connectivity index (χ4n) is 4.72. The number of hydrogen-bond acceptors (Lipinski definition) is 3. The second-order valence-electron chi connectivity index (χ2n) is 8.13. The van der Waals surface area contributed by atoms with Gasteiger partial charge < -0.3 is 0 Å². The van der Waals surface area contributed by atoms with Gasteiger partial charge in [-0.1, -0.05) is 50.1 Å². The van der Waals surface area contributed by atoms with Crippen molar-refractivity contribution in [1.29, 1.82) is 0 Å². The third kappa shape index (κ3) is 2.91. The molecule has 146 valence electrons. The molecule has 1 atom stereocenters. The average Bonchev–Trinajstić information content (AvgIpc) is 3.44. The van der Waals surface area contributed by atoms with Gasteiger partial charge in [0.05, 0.1) is 24.2 Å². The fraction of sp³-hybridized carbons (Fsp3) is 0.500. The molecule has 3 aliphatic rings. The summed E-state index contributed by atoms with van der Waals surface area (Å²) in [6.45, 7) is 3.45. The Hall–Kier alpha value is -2.63. The first-order chi connectivity index (χ1) is 13.7. The van der Waals surface area contributed by atoms with E-state index in [2.05, 4.69) is 42.1 Å². The van der Waals surface area contributed by atoms with E-state index in [-0.39, 0.29) is 12.1 Å². The molecule has 1 aromatic heterocycles. The molecule has 3 heterocycles. The summed E-state index contributed by atoms with van der Waals surface area (Å²) in [5, 5.41) is 4.87. The van der Waals surface area contributed by atoms with Gasteiger partial charge in [-0.15, -0.1) is 0 Å². The molecule has 5 rings (SSSR count). The summed E-state index contributed by atoms with van der Waals surface area (Å²) in [6.07, 6.45) is 8.78. The van der Waals surface area contributed by atoms with E-state index in [1.165, 1.54) is 31.2 Å². The van der Waals surface area contributed by atoms with Crippen LogP contribution in [0.25, 0.3) is 0 Å². The molecule has 0 spiro atoms. The number of anilines is 1. The zero-order valence-corrected chi connectivity index (χ0v) is 16.4. The number of nitrogens with zero attached hydrogens (tertiary/aromatic N) is 5. The quantitative estimate of drug-likeness (QED) is 0.790. The molecule has 0 unspecified atom stereocenters. The molecule has 0 radical (unpaired) electrons. The van der Waals surface area contributed by atoms with Crippen LogP contribution in [0.3, 0.4) is 0 Å². The topological polar surface area (TPSA) is 53.7 Å². The monoisotopic (exact) mass is 377 g/mol. The molecule has 2 amide bonds. The highest BCUT2D eigenvalue weighted by Gasteiger charge is 2.42. The van der Waals surface area contributed by atoms with Crippen molar-refractivity contribution < 1.29 is 4.79 Å². The van der Waals surface area contributed by atoms with Gasteiger partial charge in [-0.2, -0.15) is 5.10 Å². The van der Waals surface area contributed by atoms with Crippen molar-refractivity contribution in [2.75, 3.05) is 18.0 Å². The van der Waals surface area contributed by atoms with E-state index in [0.29, 0.717) is 19.1 Å². The molecule has 0 bridgehead atoms. The summed E-state index contributed by atoms with van der Waals surface area (Å²) in [7, 11) is 0. The fourth-order valence-corrected chi connectivity index (χ4v) is 4.72. The van der Waals surface area contributed by atoms with Crippen molar-refractivity contribution >= 4 is 17.7 Å². The van der Waals surface area contributed by atoms with Crippen molar-refractivity contribution in [3.05, 3.63) is 47.7 Å². The van der Waals surface area contributed by atoms with Crippen LogP contribution in [0, 0.1) is 0 Å². The van der Waals surface area contributed by atoms with E-state index in [1.807, 2.05) is 15.9 Å². The Morgan fingerprint density at radius 3 is 2.68 bits per heavy atom. The average molecular weight is 377 g/mol. The van der Waals surface area contributed by atoms with Crippen LogP contribution >= 0.6 is 0 Å². The molecule has 28 heavy (non-hydrogen) atoms. The largest absolute Gasteiger partial charge is 0.331 e. The van der Waals surface area contributed by atoms with E-state index < -0.39 is 0 Å². The van der Waals surface area contributed by atoms with Gasteiger partial charge in [-0.05, 0) is 31.2 Å². The highest BCUT2D eigenvalue weighted by Crippen LogP contribution is 2.35. The summed E-state index contributed by atoms with van der Waals surface area (Å²) in [6, 6.07) is 11.0. The second-order valence-corrected chi connectivity index (χ2v) is 8.13. The van der Waals surface area contributed by atoms with E-state index in [0.717, 1.165) is 30.1 Å². The molecular weight excluding hydrogens is 350 g/mol. The number of benzene rings is 1. The third-order valence-corrected chi connectivity index (χ3v) is 6.08. The first-order valence-corrected chi connectivity index (χ1v) is 10.5. The molecule has 0 N–H and O–H groups in total. The van der Waals surface area contributed by atoms with Gasteiger partial charge in [0.15, 0.2) is 5.82 Å². The second kappa shape index (κ2) is 7.08. The molecule has 2 aromatic rings. The standard InChI is InChI=1S/C22H27N5O/c1-2-12-25-21-19(15-27(24-21)18-10-6-7-11-18)20-23-17(14-26(20)22(25)28)13-16-8-4-3-5-9-16/h3-5,8-9,15,17-18H,2,6-7,10-14H2,1H3/t17-/m1/s1. The van der Waals surface area contributed by atoms with Crippen LogP contribution < -0.4 is 4.90 Å². The van der Waals surface area contributed by atoms with Crippen molar-refractivity contribution in [2.45, 2.75) is 57.5 Å². The van der Waals surface area contributed by atoms with Crippen LogP contribution in [-0.4, -0.2) is 45.7 Å². The summed E-state index contributed by atoms with van der Waals surface area (Å²) >= 11 is 0. The molecular formula is C22H27N5O. The van der Waals surface area contributed by atoms with Crippen molar-refractivity contribution in [3.63, 3.8) is 0 Å². The smallest absolute Gasteiger partial charge is 0.276 e. The zero-order chi connectivity index (χ0) is 19.1. The Bertz CT molecular complexity index is 897. The molecule has 0 saturated heterocycles. The van der Waals surface area contributed by atoms with Gasteiger partial charge >= 0.3 is 6.03 Å². The Labute approximate surface area is 165 Å². The Morgan fingerprint density at radius 2 is 1.93 bits per heavy atom. The van der Waals surface area contributed by atoms with Crippen LogP contribution in [0.15, 0.2) is 41.5 Å². The number of amides is 2. The first kappa shape index (κ1) is 17.5. The maximum absolute atomic E-state index is 13.2. The number of hydrogen-bond donors (Lipinski definition) is 0. The Balaban J connectivity index is 1.49. The molecule has 6 nitrogen and oxygen atoms in total. The SMILES string of the molecule is CCCN1C(=O)N2C[C@@H](Cc3ccccc3)N=C2c2cn(C3CCCC3)nc21. The molecule has 1 aliphatic carbocycles. The van der Waals surface area contributed by atoms with Crippen LogP contribution in [0.2, 0.25) is 0 Å². The summed E-state index contributed by atoms with van der Waals surface area (Å²) < 4.78 is 2.10. The minimum Gasteiger partial charge on any atom is -0.276 e. The molecule has 2 aliphatic heterocycles. The van der Waals surface area contributed by atoms with Gasteiger partial charge in [0.25, 0.3) is 0 Å². The van der Waals surface area contributed by atoms with Crippen LogP contribution in [0.5, 0.6) is 0 Å². The predicted octanol–water partition coefficient (Wildman–Crippen LogP) is 4.02. The molecule has 1 saturated carbocycles. The van der Waals surface area contributed by atoms with Gasteiger partial charge in [0.1, 0.15) is 5.84 Å². The van der Waals surface area contributed by atoms with Gasteiger partial charge in [0, 0.05) is 12.7 Å².